The lowest BCUT2D eigenvalue weighted by molar-refractivity contribution is 0.249. The van der Waals surface area contributed by atoms with Crippen molar-refractivity contribution in [2.45, 2.75) is 57.7 Å². The highest BCUT2D eigenvalue weighted by Crippen LogP contribution is 2.34. The van der Waals surface area contributed by atoms with E-state index in [1.54, 1.807) is 4.31 Å². The number of nitrogens with zero attached hydrogens (tertiary/aromatic N) is 1. The molecule has 1 saturated carbocycles. The van der Waals surface area contributed by atoms with E-state index in [0.29, 0.717) is 6.54 Å². The zero-order valence-corrected chi connectivity index (χ0v) is 10.4. The van der Waals surface area contributed by atoms with Crippen molar-refractivity contribution in [2.24, 2.45) is 0 Å². The third kappa shape index (κ3) is 2.48. The van der Waals surface area contributed by atoms with Crippen molar-refractivity contribution >= 4 is 10.0 Å². The summed E-state index contributed by atoms with van der Waals surface area (Å²) in [6.45, 7) is 8.54. The molecule has 14 heavy (non-hydrogen) atoms. The summed E-state index contributed by atoms with van der Waals surface area (Å²) in [5.74, 6) is 0. The van der Waals surface area contributed by atoms with Gasteiger partial charge in [0.25, 0.3) is 0 Å². The van der Waals surface area contributed by atoms with Crippen molar-refractivity contribution in [3.63, 3.8) is 0 Å². The summed E-state index contributed by atoms with van der Waals surface area (Å²) in [4.78, 5) is 0. The van der Waals surface area contributed by atoms with Crippen LogP contribution in [0.25, 0.3) is 0 Å². The van der Waals surface area contributed by atoms with Crippen molar-refractivity contribution in [3.05, 3.63) is 0 Å². The highest BCUT2D eigenvalue weighted by Gasteiger charge is 2.43. The van der Waals surface area contributed by atoms with Crippen LogP contribution in [0.4, 0.5) is 0 Å². The van der Waals surface area contributed by atoms with Gasteiger partial charge in [-0.05, 0) is 40.0 Å². The lowest BCUT2D eigenvalue weighted by Crippen LogP contribution is -2.47. The first-order valence-electron chi connectivity index (χ1n) is 5.32. The molecule has 1 aliphatic carbocycles. The zero-order chi connectivity index (χ0) is 11.0. The second kappa shape index (κ2) is 3.81. The minimum absolute atomic E-state index is 0.0896. The predicted octanol–water partition coefficient (Wildman–Crippen LogP) is 1.99. The van der Waals surface area contributed by atoms with Crippen LogP contribution < -0.4 is 0 Å². The molecule has 0 unspecified atom stereocenters. The number of rotatable bonds is 4. The summed E-state index contributed by atoms with van der Waals surface area (Å²) in [5.41, 5.74) is -0.280. The molecule has 0 amide bonds. The minimum Gasteiger partial charge on any atom is -0.212 e. The van der Waals surface area contributed by atoms with Gasteiger partial charge in [-0.1, -0.05) is 6.92 Å². The average molecular weight is 219 g/mol. The predicted molar refractivity (Wildman–Crippen MR) is 58.7 cm³/mol. The maximum Gasteiger partial charge on any atom is 0.217 e. The van der Waals surface area contributed by atoms with Gasteiger partial charge in [-0.15, -0.1) is 0 Å². The average Bonchev–Trinajstić information content (AvgIpc) is 2.78. The first-order valence-corrected chi connectivity index (χ1v) is 6.82. The Morgan fingerprint density at radius 3 is 2.07 bits per heavy atom. The summed E-state index contributed by atoms with van der Waals surface area (Å²) in [5, 5.41) is -0.0896. The molecule has 1 aliphatic rings. The third-order valence-corrected chi connectivity index (χ3v) is 5.09. The number of sulfonamides is 1. The van der Waals surface area contributed by atoms with E-state index in [2.05, 4.69) is 0 Å². The second-order valence-corrected chi connectivity index (χ2v) is 7.12. The van der Waals surface area contributed by atoms with E-state index in [1.165, 1.54) is 0 Å². The molecule has 0 aromatic rings. The topological polar surface area (TPSA) is 37.4 Å². The fraction of sp³-hybridized carbons (Fsp3) is 1.00. The number of hydrogen-bond acceptors (Lipinski definition) is 2. The molecular weight excluding hydrogens is 198 g/mol. The Kier molecular flexibility index (Phi) is 3.26. The van der Waals surface area contributed by atoms with Gasteiger partial charge in [0, 0.05) is 12.1 Å². The van der Waals surface area contributed by atoms with E-state index < -0.39 is 10.0 Å². The van der Waals surface area contributed by atoms with Crippen LogP contribution in [-0.4, -0.2) is 30.1 Å². The summed E-state index contributed by atoms with van der Waals surface area (Å²) < 4.78 is 25.8. The van der Waals surface area contributed by atoms with Crippen LogP contribution in [0.15, 0.2) is 0 Å². The van der Waals surface area contributed by atoms with E-state index in [9.17, 15) is 8.42 Å². The summed E-state index contributed by atoms with van der Waals surface area (Å²) in [7, 11) is -3.01. The van der Waals surface area contributed by atoms with E-state index in [1.807, 2.05) is 27.7 Å². The molecule has 0 aliphatic heterocycles. The lowest BCUT2D eigenvalue weighted by atomic mass is 10.1. The zero-order valence-electron chi connectivity index (χ0n) is 9.58. The van der Waals surface area contributed by atoms with E-state index in [0.717, 1.165) is 19.3 Å². The summed E-state index contributed by atoms with van der Waals surface area (Å²) >= 11 is 0. The quantitative estimate of drug-likeness (QED) is 0.725. The van der Waals surface area contributed by atoms with Gasteiger partial charge in [-0.2, -0.15) is 4.31 Å². The van der Waals surface area contributed by atoms with Crippen LogP contribution in [0.2, 0.25) is 0 Å². The summed E-state index contributed by atoms with van der Waals surface area (Å²) in [6.07, 6.45) is 2.57. The highest BCUT2D eigenvalue weighted by atomic mass is 32.2. The minimum atomic E-state index is -3.01. The van der Waals surface area contributed by atoms with Crippen LogP contribution in [0.1, 0.15) is 47.0 Å². The maximum atomic E-state index is 12.1. The Bertz CT molecular complexity index is 286. The van der Waals surface area contributed by atoms with Gasteiger partial charge in [-0.25, -0.2) is 8.42 Å². The molecule has 0 aromatic carbocycles. The van der Waals surface area contributed by atoms with Crippen LogP contribution >= 0.6 is 0 Å². The van der Waals surface area contributed by atoms with Crippen LogP contribution in [0, 0.1) is 0 Å². The number of hydrogen-bond donors (Lipinski definition) is 0. The maximum absolute atomic E-state index is 12.1. The molecule has 1 fully saturated rings. The molecule has 0 spiro atoms. The van der Waals surface area contributed by atoms with Crippen molar-refractivity contribution in [2.75, 3.05) is 6.54 Å². The molecule has 0 saturated heterocycles. The SMILES string of the molecule is CCCN(C(C)(C)C)S(=O)(=O)C1CC1. The Balaban J connectivity index is 2.87. The first kappa shape index (κ1) is 12.0. The van der Waals surface area contributed by atoms with Crippen molar-refractivity contribution in [3.8, 4) is 0 Å². The largest absolute Gasteiger partial charge is 0.217 e. The van der Waals surface area contributed by atoms with Gasteiger partial charge in [0.1, 0.15) is 0 Å². The fourth-order valence-electron chi connectivity index (χ4n) is 1.59. The first-order chi connectivity index (χ1) is 6.30. The molecule has 84 valence electrons. The van der Waals surface area contributed by atoms with E-state index in [-0.39, 0.29) is 10.8 Å². The molecular formula is C10H21NO2S. The monoisotopic (exact) mass is 219 g/mol. The van der Waals surface area contributed by atoms with Crippen LogP contribution in [0.3, 0.4) is 0 Å². The molecule has 0 heterocycles. The van der Waals surface area contributed by atoms with Gasteiger partial charge in [-0.3, -0.25) is 0 Å². The van der Waals surface area contributed by atoms with Crippen LogP contribution in [0.5, 0.6) is 0 Å². The third-order valence-electron chi connectivity index (χ3n) is 2.43. The summed E-state index contributed by atoms with van der Waals surface area (Å²) in [6, 6.07) is 0. The Morgan fingerprint density at radius 2 is 1.79 bits per heavy atom. The van der Waals surface area contributed by atoms with E-state index in [4.69, 9.17) is 0 Å². The van der Waals surface area contributed by atoms with Crippen molar-refractivity contribution in [1.29, 1.82) is 0 Å². The normalized spacial score (nSPS) is 18.9. The molecule has 0 aromatic heterocycles. The fourth-order valence-corrected chi connectivity index (χ4v) is 3.89. The second-order valence-electron chi connectivity index (χ2n) is 4.99. The molecule has 1 rings (SSSR count). The Labute approximate surface area is 87.5 Å². The molecule has 0 radical (unpaired) electrons. The van der Waals surface area contributed by atoms with E-state index >= 15 is 0 Å². The van der Waals surface area contributed by atoms with Crippen molar-refractivity contribution < 1.29 is 8.42 Å². The molecule has 4 heteroatoms. The van der Waals surface area contributed by atoms with Gasteiger partial charge >= 0.3 is 0 Å². The van der Waals surface area contributed by atoms with Gasteiger partial charge in [0.2, 0.25) is 10.0 Å². The van der Waals surface area contributed by atoms with Crippen LogP contribution in [-0.2, 0) is 10.0 Å². The van der Waals surface area contributed by atoms with Gasteiger partial charge in [0.05, 0.1) is 5.25 Å². The van der Waals surface area contributed by atoms with Gasteiger partial charge < -0.3 is 0 Å². The smallest absolute Gasteiger partial charge is 0.212 e. The highest BCUT2D eigenvalue weighted by molar-refractivity contribution is 7.90. The Morgan fingerprint density at radius 1 is 1.29 bits per heavy atom. The molecule has 0 atom stereocenters. The standard InChI is InChI=1S/C10H21NO2S/c1-5-8-11(10(2,3)4)14(12,13)9-6-7-9/h9H,5-8H2,1-4H3. The Hall–Kier alpha value is -0.0900. The molecule has 0 N–H and O–H groups in total. The molecule has 0 bridgehead atoms. The van der Waals surface area contributed by atoms with Crippen molar-refractivity contribution in [1.82, 2.24) is 4.31 Å². The lowest BCUT2D eigenvalue weighted by Gasteiger charge is -2.34. The molecule has 3 nitrogen and oxygen atoms in total. The van der Waals surface area contributed by atoms with Gasteiger partial charge in [0.15, 0.2) is 0 Å².